The molecule has 7 heteroatoms. The summed E-state index contributed by atoms with van der Waals surface area (Å²) in [6.07, 6.45) is 0. The number of allylic oxidation sites excluding steroid dienone is 1. The monoisotopic (exact) mass is 352 g/mol. The summed E-state index contributed by atoms with van der Waals surface area (Å²) in [5.74, 6) is 1.17. The molecule has 0 saturated heterocycles. The first-order valence-corrected chi connectivity index (χ1v) is 7.94. The fourth-order valence-electron chi connectivity index (χ4n) is 2.99. The lowest BCUT2D eigenvalue weighted by Crippen LogP contribution is -2.20. The van der Waals surface area contributed by atoms with E-state index in [1.807, 2.05) is 37.3 Å². The number of hydrogen-bond acceptors (Lipinski definition) is 5. The van der Waals surface area contributed by atoms with Crippen LogP contribution in [0.2, 0.25) is 5.02 Å². The Hall–Kier alpha value is -3.17. The summed E-state index contributed by atoms with van der Waals surface area (Å²) in [5, 5.41) is 17.1. The summed E-state index contributed by atoms with van der Waals surface area (Å²) < 4.78 is 11.5. The van der Waals surface area contributed by atoms with Crippen molar-refractivity contribution in [2.45, 2.75) is 12.8 Å². The number of benzene rings is 1. The van der Waals surface area contributed by atoms with Gasteiger partial charge in [-0.05, 0) is 31.2 Å². The minimum atomic E-state index is -0.472. The van der Waals surface area contributed by atoms with Gasteiger partial charge in [0.25, 0.3) is 0 Å². The fraction of sp³-hybridized carbons (Fsp3) is 0.111. The van der Waals surface area contributed by atoms with E-state index in [1.54, 1.807) is 6.07 Å². The van der Waals surface area contributed by atoms with Crippen molar-refractivity contribution >= 4 is 11.6 Å². The van der Waals surface area contributed by atoms with Crippen LogP contribution in [0.25, 0.3) is 11.3 Å². The molecule has 0 radical (unpaired) electrons. The second kappa shape index (κ2) is 5.72. The Morgan fingerprint density at radius 3 is 2.92 bits per heavy atom. The molecule has 1 aliphatic heterocycles. The number of nitrogens with two attached hydrogens (primary N) is 1. The molecule has 6 nitrogen and oxygen atoms in total. The van der Waals surface area contributed by atoms with Crippen LogP contribution in [0, 0.1) is 18.3 Å². The first-order chi connectivity index (χ1) is 12.1. The quantitative estimate of drug-likeness (QED) is 0.729. The lowest BCUT2D eigenvalue weighted by Gasteiger charge is -2.21. The number of ether oxygens (including phenoxy) is 1. The van der Waals surface area contributed by atoms with Crippen LogP contribution >= 0.6 is 11.6 Å². The summed E-state index contributed by atoms with van der Waals surface area (Å²) in [5.41, 5.74) is 8.59. The standard InChI is InChI=1S/C18H13ClN4O2/c1-9-15-16(12(8-20)17(21)25-18(15)23-22-9)14-6-5-13(24-14)10-3-2-4-11(19)7-10/h2-7,16H,21H2,1H3,(H,22,23)/t16-/m1/s1. The average molecular weight is 353 g/mol. The van der Waals surface area contributed by atoms with Crippen molar-refractivity contribution in [3.63, 3.8) is 0 Å². The molecule has 0 bridgehead atoms. The molecule has 0 spiro atoms. The second-order valence-corrected chi connectivity index (χ2v) is 6.14. The third kappa shape index (κ3) is 2.46. The van der Waals surface area contributed by atoms with Crippen molar-refractivity contribution in [2.24, 2.45) is 5.73 Å². The number of aromatic amines is 1. The molecule has 0 aliphatic carbocycles. The molecule has 0 unspecified atom stereocenters. The molecule has 1 aliphatic rings. The van der Waals surface area contributed by atoms with E-state index in [-0.39, 0.29) is 5.88 Å². The van der Waals surface area contributed by atoms with E-state index in [0.717, 1.165) is 16.8 Å². The van der Waals surface area contributed by atoms with Crippen LogP contribution in [0.4, 0.5) is 0 Å². The molecule has 0 amide bonds. The minimum Gasteiger partial charge on any atom is -0.460 e. The molecule has 3 aromatic rings. The van der Waals surface area contributed by atoms with Crippen molar-refractivity contribution in [1.82, 2.24) is 10.2 Å². The summed E-state index contributed by atoms with van der Waals surface area (Å²) >= 11 is 6.05. The number of nitrogens with one attached hydrogen (secondary N) is 1. The maximum atomic E-state index is 9.55. The smallest absolute Gasteiger partial charge is 0.244 e. The van der Waals surface area contributed by atoms with Gasteiger partial charge in [-0.15, -0.1) is 5.10 Å². The molecular weight excluding hydrogens is 340 g/mol. The van der Waals surface area contributed by atoms with E-state index in [0.29, 0.717) is 28.0 Å². The van der Waals surface area contributed by atoms with E-state index in [1.165, 1.54) is 0 Å². The van der Waals surface area contributed by atoms with E-state index >= 15 is 0 Å². The number of aryl methyl sites for hydroxylation is 1. The summed E-state index contributed by atoms with van der Waals surface area (Å²) in [6, 6.07) is 13.2. The molecule has 2 aromatic heterocycles. The van der Waals surface area contributed by atoms with Gasteiger partial charge in [-0.3, -0.25) is 5.10 Å². The zero-order chi connectivity index (χ0) is 17.6. The number of rotatable bonds is 2. The third-order valence-corrected chi connectivity index (χ3v) is 4.38. The van der Waals surface area contributed by atoms with Gasteiger partial charge in [0.15, 0.2) is 0 Å². The summed E-state index contributed by atoms with van der Waals surface area (Å²) in [6.45, 7) is 1.86. The van der Waals surface area contributed by atoms with Crippen LogP contribution in [0.3, 0.4) is 0 Å². The maximum Gasteiger partial charge on any atom is 0.244 e. The Kier molecular flexibility index (Phi) is 3.52. The van der Waals surface area contributed by atoms with Crippen LogP contribution < -0.4 is 10.5 Å². The van der Waals surface area contributed by atoms with Gasteiger partial charge in [0.1, 0.15) is 23.2 Å². The number of halogens is 1. The molecule has 1 aromatic carbocycles. The van der Waals surface area contributed by atoms with Crippen molar-refractivity contribution in [3.05, 3.63) is 69.9 Å². The molecular formula is C18H13ClN4O2. The predicted octanol–water partition coefficient (Wildman–Crippen LogP) is 3.85. The molecule has 3 heterocycles. The van der Waals surface area contributed by atoms with Gasteiger partial charge in [-0.2, -0.15) is 5.26 Å². The highest BCUT2D eigenvalue weighted by Crippen LogP contribution is 2.43. The molecule has 25 heavy (non-hydrogen) atoms. The van der Waals surface area contributed by atoms with Crippen LogP contribution in [0.15, 0.2) is 52.3 Å². The molecule has 4 rings (SSSR count). The van der Waals surface area contributed by atoms with E-state index in [4.69, 9.17) is 26.5 Å². The van der Waals surface area contributed by atoms with Crippen molar-refractivity contribution in [2.75, 3.05) is 0 Å². The summed E-state index contributed by atoms with van der Waals surface area (Å²) in [4.78, 5) is 0. The second-order valence-electron chi connectivity index (χ2n) is 5.70. The van der Waals surface area contributed by atoms with Crippen LogP contribution in [0.5, 0.6) is 5.88 Å². The van der Waals surface area contributed by atoms with Crippen molar-refractivity contribution < 1.29 is 9.15 Å². The van der Waals surface area contributed by atoms with Crippen molar-refractivity contribution in [1.29, 1.82) is 5.26 Å². The maximum absolute atomic E-state index is 9.55. The van der Waals surface area contributed by atoms with E-state index < -0.39 is 5.92 Å². The number of hydrogen-bond donors (Lipinski definition) is 2. The SMILES string of the molecule is Cc1[nH]nc2c1[C@@H](c1ccc(-c3cccc(Cl)c3)o1)C(C#N)=C(N)O2. The van der Waals surface area contributed by atoms with Gasteiger partial charge in [0, 0.05) is 16.3 Å². The zero-order valence-corrected chi connectivity index (χ0v) is 14.0. The largest absolute Gasteiger partial charge is 0.460 e. The van der Waals surface area contributed by atoms with Crippen LogP contribution in [-0.2, 0) is 0 Å². The van der Waals surface area contributed by atoms with Gasteiger partial charge >= 0.3 is 0 Å². The molecule has 0 fully saturated rings. The normalized spacial score (nSPS) is 16.3. The van der Waals surface area contributed by atoms with Crippen LogP contribution in [0.1, 0.15) is 22.9 Å². The zero-order valence-electron chi connectivity index (χ0n) is 13.2. The Labute approximate surface area is 148 Å². The molecule has 1 atom stereocenters. The molecule has 3 N–H and O–H groups in total. The fourth-order valence-corrected chi connectivity index (χ4v) is 3.18. The Bertz CT molecular complexity index is 1040. The molecule has 0 saturated carbocycles. The van der Waals surface area contributed by atoms with E-state index in [2.05, 4.69) is 16.3 Å². The number of nitrogens with zero attached hydrogens (tertiary/aromatic N) is 2. The first kappa shape index (κ1) is 15.4. The minimum absolute atomic E-state index is 0.0344. The van der Waals surface area contributed by atoms with Crippen LogP contribution in [-0.4, -0.2) is 10.2 Å². The van der Waals surface area contributed by atoms with Gasteiger partial charge in [-0.1, -0.05) is 23.7 Å². The highest BCUT2D eigenvalue weighted by atomic mass is 35.5. The number of furan rings is 1. The number of fused-ring (bicyclic) bond motifs is 1. The Morgan fingerprint density at radius 1 is 1.32 bits per heavy atom. The van der Waals surface area contributed by atoms with Gasteiger partial charge in [0.05, 0.1) is 11.5 Å². The topological polar surface area (TPSA) is 101 Å². The number of aromatic nitrogens is 2. The molecule has 124 valence electrons. The highest BCUT2D eigenvalue weighted by molar-refractivity contribution is 6.30. The Morgan fingerprint density at radius 2 is 2.16 bits per heavy atom. The lowest BCUT2D eigenvalue weighted by atomic mass is 9.88. The summed E-state index contributed by atoms with van der Waals surface area (Å²) in [7, 11) is 0. The first-order valence-electron chi connectivity index (χ1n) is 7.56. The third-order valence-electron chi connectivity index (χ3n) is 4.15. The van der Waals surface area contributed by atoms with E-state index in [9.17, 15) is 5.26 Å². The van der Waals surface area contributed by atoms with Crippen molar-refractivity contribution in [3.8, 4) is 23.3 Å². The number of H-pyrrole nitrogens is 1. The number of nitriles is 1. The average Bonchev–Trinajstić information content (AvgIpc) is 3.21. The van der Waals surface area contributed by atoms with Gasteiger partial charge in [0.2, 0.25) is 11.8 Å². The van der Waals surface area contributed by atoms with Gasteiger partial charge < -0.3 is 14.9 Å². The lowest BCUT2D eigenvalue weighted by molar-refractivity contribution is 0.371. The van der Waals surface area contributed by atoms with Gasteiger partial charge in [-0.25, -0.2) is 0 Å². The highest BCUT2D eigenvalue weighted by Gasteiger charge is 2.36. The predicted molar refractivity (Wildman–Crippen MR) is 91.8 cm³/mol. The Balaban J connectivity index is 1.84.